The predicted molar refractivity (Wildman–Crippen MR) is 106 cm³/mol. The highest BCUT2D eigenvalue weighted by atomic mass is 35.5. The zero-order chi connectivity index (χ0) is 18.1. The number of benzene rings is 1. The molecule has 3 heterocycles. The molecule has 0 bridgehead atoms. The van der Waals surface area contributed by atoms with Gasteiger partial charge in [0.15, 0.2) is 5.82 Å². The van der Waals surface area contributed by atoms with Crippen LogP contribution in [-0.2, 0) is 4.74 Å². The number of nitrogen functional groups attached to an aromatic ring is 2. The Morgan fingerprint density at radius 3 is 2.69 bits per heavy atom. The van der Waals surface area contributed by atoms with Crippen LogP contribution in [0, 0.1) is 5.41 Å². The molecule has 0 unspecified atom stereocenters. The van der Waals surface area contributed by atoms with E-state index in [0.29, 0.717) is 27.0 Å². The van der Waals surface area contributed by atoms with E-state index in [1.807, 2.05) is 12.1 Å². The van der Waals surface area contributed by atoms with E-state index in [9.17, 15) is 0 Å². The van der Waals surface area contributed by atoms with Crippen LogP contribution in [0.4, 0.5) is 17.3 Å². The molecular weight excluding hydrogens is 370 g/mol. The van der Waals surface area contributed by atoms with E-state index >= 15 is 0 Å². The van der Waals surface area contributed by atoms with Crippen LogP contribution in [0.5, 0.6) is 0 Å². The number of anilines is 3. The van der Waals surface area contributed by atoms with Crippen LogP contribution in [-0.4, -0.2) is 36.3 Å². The summed E-state index contributed by atoms with van der Waals surface area (Å²) in [7, 11) is 0. The molecule has 2 aliphatic rings. The molecule has 2 aromatic rings. The molecule has 1 spiro atoms. The Hall–Kier alpha value is -1.70. The summed E-state index contributed by atoms with van der Waals surface area (Å²) < 4.78 is 5.60. The van der Waals surface area contributed by atoms with Gasteiger partial charge in [-0.1, -0.05) is 29.4 Å². The summed E-state index contributed by atoms with van der Waals surface area (Å²) in [6.45, 7) is 3.71. The van der Waals surface area contributed by atoms with E-state index in [0.717, 1.165) is 49.9 Å². The van der Waals surface area contributed by atoms with Crippen LogP contribution < -0.4 is 16.4 Å². The number of aromatic nitrogens is 2. The lowest BCUT2D eigenvalue weighted by Crippen LogP contribution is -2.41. The molecule has 4 N–H and O–H groups in total. The monoisotopic (exact) mass is 391 g/mol. The molecule has 0 amide bonds. The fraction of sp³-hybridized carbons (Fsp3) is 0.444. The highest BCUT2D eigenvalue weighted by Gasteiger charge is 2.38. The summed E-state index contributed by atoms with van der Waals surface area (Å²) in [6.07, 6.45) is 5.22. The summed E-state index contributed by atoms with van der Waals surface area (Å²) in [4.78, 5) is 12.2. The van der Waals surface area contributed by atoms with E-state index < -0.39 is 0 Å². The van der Waals surface area contributed by atoms with Crippen molar-refractivity contribution in [2.75, 3.05) is 42.7 Å². The highest BCUT2D eigenvalue weighted by Crippen LogP contribution is 2.41. The molecule has 0 atom stereocenters. The van der Waals surface area contributed by atoms with Crippen molar-refractivity contribution in [1.29, 1.82) is 0 Å². The van der Waals surface area contributed by atoms with E-state index in [1.165, 1.54) is 18.2 Å². The maximum Gasteiger partial charge on any atom is 0.158 e. The Kier molecular flexibility index (Phi) is 4.86. The maximum atomic E-state index is 6.25. The molecule has 2 fully saturated rings. The molecule has 4 rings (SSSR count). The first-order valence-electron chi connectivity index (χ1n) is 8.73. The molecule has 138 valence electrons. The summed E-state index contributed by atoms with van der Waals surface area (Å²) in [5, 5.41) is 1.15. The van der Waals surface area contributed by atoms with Crippen LogP contribution in [0.25, 0.3) is 0 Å². The van der Waals surface area contributed by atoms with Crippen molar-refractivity contribution < 1.29 is 4.74 Å². The van der Waals surface area contributed by atoms with Crippen molar-refractivity contribution >= 4 is 40.7 Å². The van der Waals surface area contributed by atoms with Crippen molar-refractivity contribution in [2.45, 2.75) is 29.2 Å². The maximum absolute atomic E-state index is 6.25. The SMILES string of the molecule is Nc1cccc(Sc2ncc(N3CCC4(CCOC4)CC3)nc2N)c1Cl. The lowest BCUT2D eigenvalue weighted by Gasteiger charge is -2.38. The molecule has 6 nitrogen and oxygen atoms in total. The van der Waals surface area contributed by atoms with Gasteiger partial charge >= 0.3 is 0 Å². The Labute approximate surface area is 162 Å². The number of piperidine rings is 1. The molecule has 8 heteroatoms. The highest BCUT2D eigenvalue weighted by molar-refractivity contribution is 7.99. The topological polar surface area (TPSA) is 90.3 Å². The fourth-order valence-electron chi connectivity index (χ4n) is 3.58. The predicted octanol–water partition coefficient (Wildman–Crippen LogP) is 3.45. The van der Waals surface area contributed by atoms with Gasteiger partial charge in [0.25, 0.3) is 0 Å². The third-order valence-electron chi connectivity index (χ3n) is 5.28. The average Bonchev–Trinajstić information content (AvgIpc) is 3.09. The van der Waals surface area contributed by atoms with Gasteiger partial charge in [0.2, 0.25) is 0 Å². The Bertz CT molecular complexity index is 802. The van der Waals surface area contributed by atoms with Crippen molar-refractivity contribution in [3.63, 3.8) is 0 Å². The Balaban J connectivity index is 1.47. The van der Waals surface area contributed by atoms with Crippen LogP contribution in [0.15, 0.2) is 34.3 Å². The fourth-order valence-corrected chi connectivity index (χ4v) is 4.64. The molecule has 0 saturated carbocycles. The molecule has 2 saturated heterocycles. The number of hydrogen-bond donors (Lipinski definition) is 2. The van der Waals surface area contributed by atoms with Crippen molar-refractivity contribution in [3.05, 3.63) is 29.4 Å². The second-order valence-corrected chi connectivity index (χ2v) is 8.38. The molecular formula is C18H22ClN5OS. The van der Waals surface area contributed by atoms with Gasteiger partial charge in [-0.3, -0.25) is 0 Å². The standard InChI is InChI=1S/C18H22ClN5OS/c19-15-12(20)2-1-3-13(15)26-17-16(21)23-14(10-22-17)24-7-4-18(5-8-24)6-9-25-11-18/h1-3,10H,4-9,11,20H2,(H2,21,23). The van der Waals surface area contributed by atoms with Crippen molar-refractivity contribution in [1.82, 2.24) is 9.97 Å². The number of nitrogens with two attached hydrogens (primary N) is 2. The van der Waals surface area contributed by atoms with Gasteiger partial charge < -0.3 is 21.1 Å². The summed E-state index contributed by atoms with van der Waals surface area (Å²) in [5.41, 5.74) is 12.9. The molecule has 1 aromatic heterocycles. The number of nitrogens with zero attached hydrogens (tertiary/aromatic N) is 3. The van der Waals surface area contributed by atoms with E-state index in [-0.39, 0.29) is 0 Å². The van der Waals surface area contributed by atoms with Gasteiger partial charge in [0.1, 0.15) is 10.8 Å². The molecule has 0 radical (unpaired) electrons. The lowest BCUT2D eigenvalue weighted by atomic mass is 9.78. The quantitative estimate of drug-likeness (QED) is 0.774. The molecule has 0 aliphatic carbocycles. The van der Waals surface area contributed by atoms with Gasteiger partial charge in [-0.15, -0.1) is 0 Å². The lowest BCUT2D eigenvalue weighted by molar-refractivity contribution is 0.133. The normalized spacial score (nSPS) is 19.2. The molecule has 26 heavy (non-hydrogen) atoms. The van der Waals surface area contributed by atoms with Gasteiger partial charge in [-0.05, 0) is 36.8 Å². The Morgan fingerprint density at radius 1 is 1.19 bits per heavy atom. The van der Waals surface area contributed by atoms with Gasteiger partial charge in [-0.25, -0.2) is 9.97 Å². The minimum atomic E-state index is 0.370. The second kappa shape index (κ2) is 7.13. The second-order valence-electron chi connectivity index (χ2n) is 6.97. The smallest absolute Gasteiger partial charge is 0.158 e. The number of hydrogen-bond acceptors (Lipinski definition) is 7. The number of rotatable bonds is 3. The van der Waals surface area contributed by atoms with Crippen LogP contribution in [0.3, 0.4) is 0 Å². The van der Waals surface area contributed by atoms with E-state index in [1.54, 1.807) is 12.3 Å². The van der Waals surface area contributed by atoms with Crippen molar-refractivity contribution in [2.24, 2.45) is 5.41 Å². The van der Waals surface area contributed by atoms with Crippen LogP contribution in [0.1, 0.15) is 19.3 Å². The molecule has 1 aromatic carbocycles. The third kappa shape index (κ3) is 3.43. The van der Waals surface area contributed by atoms with Crippen molar-refractivity contribution in [3.8, 4) is 0 Å². The first-order valence-corrected chi connectivity index (χ1v) is 9.93. The summed E-state index contributed by atoms with van der Waals surface area (Å²) in [6, 6.07) is 5.52. The molecule has 2 aliphatic heterocycles. The number of halogens is 1. The minimum absolute atomic E-state index is 0.370. The van der Waals surface area contributed by atoms with Crippen LogP contribution >= 0.6 is 23.4 Å². The minimum Gasteiger partial charge on any atom is -0.397 e. The van der Waals surface area contributed by atoms with Gasteiger partial charge in [-0.2, -0.15) is 0 Å². The average molecular weight is 392 g/mol. The largest absolute Gasteiger partial charge is 0.397 e. The zero-order valence-electron chi connectivity index (χ0n) is 14.4. The number of ether oxygens (including phenoxy) is 1. The van der Waals surface area contributed by atoms with Crippen LogP contribution in [0.2, 0.25) is 5.02 Å². The first-order chi connectivity index (χ1) is 12.6. The van der Waals surface area contributed by atoms with E-state index in [2.05, 4.69) is 14.9 Å². The van der Waals surface area contributed by atoms with Gasteiger partial charge in [0.05, 0.1) is 23.5 Å². The zero-order valence-corrected chi connectivity index (χ0v) is 16.0. The summed E-state index contributed by atoms with van der Waals surface area (Å²) >= 11 is 7.63. The Morgan fingerprint density at radius 2 is 2.00 bits per heavy atom. The van der Waals surface area contributed by atoms with E-state index in [4.69, 9.17) is 27.8 Å². The third-order valence-corrected chi connectivity index (χ3v) is 6.89. The first kappa shape index (κ1) is 17.7. The van der Waals surface area contributed by atoms with Gasteiger partial charge in [0, 0.05) is 24.6 Å². The summed E-state index contributed by atoms with van der Waals surface area (Å²) in [5.74, 6) is 1.25.